The second-order valence-corrected chi connectivity index (χ2v) is 10.1. The van der Waals surface area contributed by atoms with Gasteiger partial charge in [-0.3, -0.25) is 14.5 Å². The van der Waals surface area contributed by atoms with Gasteiger partial charge in [-0.1, -0.05) is 42.5 Å². The maximum Gasteiger partial charge on any atom is 0.335 e. The number of imide groups is 1. The number of ether oxygens (including phenoxy) is 2. The highest BCUT2D eigenvalue weighted by Crippen LogP contribution is 2.39. The van der Waals surface area contributed by atoms with Crippen molar-refractivity contribution in [2.75, 3.05) is 13.7 Å². The molecule has 0 unspecified atom stereocenters. The van der Waals surface area contributed by atoms with E-state index in [1.165, 1.54) is 23.6 Å². The minimum Gasteiger partial charge on any atom is -0.493 e. The van der Waals surface area contributed by atoms with Gasteiger partial charge in [0, 0.05) is 6.54 Å². The van der Waals surface area contributed by atoms with Crippen LogP contribution in [-0.2, 0) is 17.8 Å². The summed E-state index contributed by atoms with van der Waals surface area (Å²) in [5.74, 6) is -0.450. The first-order valence-corrected chi connectivity index (χ1v) is 13.1. The Balaban J connectivity index is 1.45. The van der Waals surface area contributed by atoms with Crippen LogP contribution in [0.5, 0.6) is 11.5 Å². The number of amides is 2. The fourth-order valence-electron chi connectivity index (χ4n) is 3.84. The Hall–Kier alpha value is -3.56. The average Bonchev–Trinajstić information content (AvgIpc) is 3.15. The normalized spacial score (nSPS) is 14.3. The molecule has 1 saturated heterocycles. The monoisotopic (exact) mass is 581 g/mol. The van der Waals surface area contributed by atoms with Gasteiger partial charge in [-0.05, 0) is 87.6 Å². The number of nitrogens with zero attached hydrogens (tertiary/aromatic N) is 1. The molecule has 4 rings (SSSR count). The van der Waals surface area contributed by atoms with Gasteiger partial charge in [0.1, 0.15) is 6.61 Å². The first-order chi connectivity index (χ1) is 17.9. The van der Waals surface area contributed by atoms with E-state index in [2.05, 4.69) is 15.9 Å². The summed E-state index contributed by atoms with van der Waals surface area (Å²) in [6, 6.07) is 19.9. The summed E-state index contributed by atoms with van der Waals surface area (Å²) in [5, 5.41) is 8.91. The van der Waals surface area contributed by atoms with Crippen molar-refractivity contribution >= 4 is 50.9 Å². The summed E-state index contributed by atoms with van der Waals surface area (Å²) in [4.78, 5) is 38.2. The van der Waals surface area contributed by atoms with Crippen LogP contribution in [0.15, 0.2) is 76.1 Å². The lowest BCUT2D eigenvalue weighted by atomic mass is 10.1. The number of benzene rings is 3. The predicted molar refractivity (Wildman–Crippen MR) is 146 cm³/mol. The second-order valence-electron chi connectivity index (χ2n) is 8.25. The smallest absolute Gasteiger partial charge is 0.335 e. The van der Waals surface area contributed by atoms with E-state index < -0.39 is 5.97 Å². The second kappa shape index (κ2) is 12.1. The molecule has 0 radical (unpaired) electrons. The van der Waals surface area contributed by atoms with E-state index in [0.717, 1.165) is 18.2 Å². The van der Waals surface area contributed by atoms with Gasteiger partial charge in [-0.15, -0.1) is 0 Å². The number of carboxylic acids is 1. The first-order valence-electron chi connectivity index (χ1n) is 11.5. The van der Waals surface area contributed by atoms with Gasteiger partial charge in [0.2, 0.25) is 0 Å². The summed E-state index contributed by atoms with van der Waals surface area (Å²) in [7, 11) is 1.50. The highest BCUT2D eigenvalue weighted by Gasteiger charge is 2.34. The Labute approximate surface area is 227 Å². The molecular formula is C28H24BrNO6S. The average molecular weight is 582 g/mol. The SMILES string of the molecule is COc1cc(/C=C2/SC(=O)N(CCCc3ccccc3)C2=O)cc(Br)c1OCc1cccc(C(=O)O)c1. The Morgan fingerprint density at radius 1 is 1.05 bits per heavy atom. The molecule has 0 aliphatic carbocycles. The minimum atomic E-state index is -1.01. The highest BCUT2D eigenvalue weighted by molar-refractivity contribution is 9.10. The molecule has 7 nitrogen and oxygen atoms in total. The molecule has 1 aliphatic rings. The molecule has 0 spiro atoms. The summed E-state index contributed by atoms with van der Waals surface area (Å²) >= 11 is 4.42. The van der Waals surface area contributed by atoms with Gasteiger partial charge in [0.15, 0.2) is 11.5 Å². The maximum absolute atomic E-state index is 12.9. The number of methoxy groups -OCH3 is 1. The zero-order valence-corrected chi connectivity index (χ0v) is 22.4. The van der Waals surface area contributed by atoms with Crippen LogP contribution in [0.2, 0.25) is 0 Å². The molecule has 0 aromatic heterocycles. The third kappa shape index (κ3) is 6.61. The van der Waals surface area contributed by atoms with Crippen LogP contribution in [0.4, 0.5) is 4.79 Å². The van der Waals surface area contributed by atoms with Crippen molar-refractivity contribution < 1.29 is 29.0 Å². The number of carbonyl (C=O) groups is 3. The van der Waals surface area contributed by atoms with Crippen LogP contribution in [-0.4, -0.2) is 40.8 Å². The number of halogens is 1. The largest absolute Gasteiger partial charge is 0.493 e. The maximum atomic E-state index is 12.9. The number of thioether (sulfide) groups is 1. The third-order valence-corrected chi connectivity index (χ3v) is 7.17. The first kappa shape index (κ1) is 26.5. The van der Waals surface area contributed by atoms with Crippen molar-refractivity contribution in [2.24, 2.45) is 0 Å². The number of carboxylic acid groups (broad SMARTS) is 1. The Bertz CT molecular complexity index is 1360. The number of aryl methyl sites for hydroxylation is 1. The lowest BCUT2D eigenvalue weighted by molar-refractivity contribution is -0.122. The molecule has 3 aromatic rings. The standard InChI is InChI=1S/C28H24BrNO6S/c1-35-23-15-20(14-22(29)25(23)36-17-19-9-5-11-21(13-19)27(32)33)16-24-26(31)30(28(34)37-24)12-6-10-18-7-3-2-4-8-18/h2-5,7-9,11,13-16H,6,10,12,17H2,1H3,(H,32,33)/b24-16+. The van der Waals surface area contributed by atoms with Gasteiger partial charge in [0.05, 0.1) is 22.1 Å². The molecule has 1 aliphatic heterocycles. The van der Waals surface area contributed by atoms with Crippen LogP contribution < -0.4 is 9.47 Å². The number of rotatable bonds is 10. The van der Waals surface area contributed by atoms with E-state index in [9.17, 15) is 19.5 Å². The van der Waals surface area contributed by atoms with Crippen LogP contribution in [0.1, 0.15) is 33.5 Å². The van der Waals surface area contributed by atoms with Gasteiger partial charge < -0.3 is 14.6 Å². The Kier molecular flexibility index (Phi) is 8.68. The number of aromatic carboxylic acids is 1. The Morgan fingerprint density at radius 3 is 2.54 bits per heavy atom. The summed E-state index contributed by atoms with van der Waals surface area (Å²) in [6.07, 6.45) is 3.14. The number of hydrogen-bond acceptors (Lipinski definition) is 6. The molecule has 9 heteroatoms. The van der Waals surface area contributed by atoms with E-state index in [1.54, 1.807) is 36.4 Å². The molecule has 1 fully saturated rings. The van der Waals surface area contributed by atoms with E-state index in [4.69, 9.17) is 9.47 Å². The lowest BCUT2D eigenvalue weighted by Gasteiger charge is -2.14. The zero-order chi connectivity index (χ0) is 26.4. The summed E-state index contributed by atoms with van der Waals surface area (Å²) in [5.41, 5.74) is 2.70. The number of carbonyl (C=O) groups excluding carboxylic acids is 2. The lowest BCUT2D eigenvalue weighted by Crippen LogP contribution is -2.29. The molecule has 1 N–H and O–H groups in total. The van der Waals surface area contributed by atoms with Crippen molar-refractivity contribution in [3.05, 3.63) is 98.4 Å². The van der Waals surface area contributed by atoms with E-state index in [1.807, 2.05) is 30.3 Å². The Morgan fingerprint density at radius 2 is 1.81 bits per heavy atom. The fraction of sp³-hybridized carbons (Fsp3) is 0.179. The van der Waals surface area contributed by atoms with E-state index in [0.29, 0.717) is 45.0 Å². The van der Waals surface area contributed by atoms with E-state index in [-0.39, 0.29) is 23.3 Å². The third-order valence-electron chi connectivity index (χ3n) is 5.67. The van der Waals surface area contributed by atoms with Crippen LogP contribution in [0.25, 0.3) is 6.08 Å². The molecule has 37 heavy (non-hydrogen) atoms. The van der Waals surface area contributed by atoms with E-state index >= 15 is 0 Å². The van der Waals surface area contributed by atoms with Crippen molar-refractivity contribution in [3.63, 3.8) is 0 Å². The molecular weight excluding hydrogens is 558 g/mol. The predicted octanol–water partition coefficient (Wildman–Crippen LogP) is 6.40. The molecule has 0 atom stereocenters. The summed E-state index contributed by atoms with van der Waals surface area (Å²) in [6.45, 7) is 0.497. The van der Waals surface area contributed by atoms with Gasteiger partial charge in [-0.2, -0.15) is 0 Å². The zero-order valence-electron chi connectivity index (χ0n) is 20.0. The molecule has 0 bridgehead atoms. The van der Waals surface area contributed by atoms with Crippen LogP contribution in [0.3, 0.4) is 0 Å². The highest BCUT2D eigenvalue weighted by atomic mass is 79.9. The van der Waals surface area contributed by atoms with Gasteiger partial charge in [0.25, 0.3) is 11.1 Å². The number of hydrogen-bond donors (Lipinski definition) is 1. The molecule has 1 heterocycles. The van der Waals surface area contributed by atoms with Crippen LogP contribution >= 0.6 is 27.7 Å². The molecule has 190 valence electrons. The van der Waals surface area contributed by atoms with Crippen molar-refractivity contribution in [1.82, 2.24) is 4.90 Å². The quantitative estimate of drug-likeness (QED) is 0.277. The summed E-state index contributed by atoms with van der Waals surface area (Å²) < 4.78 is 12.0. The molecule has 2 amide bonds. The van der Waals surface area contributed by atoms with Crippen molar-refractivity contribution in [1.29, 1.82) is 0 Å². The van der Waals surface area contributed by atoms with Crippen LogP contribution in [0, 0.1) is 0 Å². The van der Waals surface area contributed by atoms with Crippen molar-refractivity contribution in [2.45, 2.75) is 19.4 Å². The van der Waals surface area contributed by atoms with Crippen molar-refractivity contribution in [3.8, 4) is 11.5 Å². The minimum absolute atomic E-state index is 0.136. The topological polar surface area (TPSA) is 93.1 Å². The van der Waals surface area contributed by atoms with Gasteiger partial charge >= 0.3 is 5.97 Å². The molecule has 3 aromatic carbocycles. The van der Waals surface area contributed by atoms with Gasteiger partial charge in [-0.25, -0.2) is 4.79 Å². The fourth-order valence-corrected chi connectivity index (χ4v) is 5.28. The molecule has 0 saturated carbocycles.